The molecule has 0 aliphatic heterocycles. The van der Waals surface area contributed by atoms with E-state index in [0.29, 0.717) is 13.0 Å². The third-order valence-electron chi connectivity index (χ3n) is 11.2. The molecule has 0 unspecified atom stereocenters. The minimum Gasteiger partial charge on any atom is -0.458 e. The number of fused-ring (bicyclic) bond motifs is 5. The van der Waals surface area contributed by atoms with E-state index in [1.54, 1.807) is 12.2 Å². The average molecular weight is 568 g/mol. The van der Waals surface area contributed by atoms with Crippen LogP contribution in [-0.4, -0.2) is 58.5 Å². The van der Waals surface area contributed by atoms with Gasteiger partial charge in [0.15, 0.2) is 12.4 Å². The van der Waals surface area contributed by atoms with Crippen LogP contribution in [0.25, 0.3) is 0 Å². The molecule has 41 heavy (non-hydrogen) atoms. The van der Waals surface area contributed by atoms with Gasteiger partial charge in [-0.2, -0.15) is 0 Å². The van der Waals surface area contributed by atoms with E-state index in [2.05, 4.69) is 18.3 Å². The molecule has 3 N–H and O–H groups in total. The molecule has 7 atom stereocenters. The topological polar surface area (TPSA) is 130 Å². The van der Waals surface area contributed by atoms with Crippen LogP contribution < -0.4 is 5.32 Å². The number of hydrogen-bond acceptors (Lipinski definition) is 7. The Bertz CT molecular complexity index is 1190. The SMILES string of the molecule is C[C@]12C=CC(=O)C=C1CC[C@@H]1[C@H]2[C@@H](O)C[C@@]2(C)[C@@H]1CC[C@]2(O)C(=O)COC(=O)CCC(=O)NCCC1=CCCCC1. The highest BCUT2D eigenvalue weighted by Gasteiger charge is 2.68. The Labute approximate surface area is 242 Å². The molecule has 224 valence electrons. The highest BCUT2D eigenvalue weighted by Crippen LogP contribution is 2.67. The van der Waals surface area contributed by atoms with Crippen LogP contribution in [0.1, 0.15) is 90.9 Å². The number of esters is 1. The lowest BCUT2D eigenvalue weighted by atomic mass is 9.46. The third kappa shape index (κ3) is 5.50. The summed E-state index contributed by atoms with van der Waals surface area (Å²) in [7, 11) is 0. The summed E-state index contributed by atoms with van der Waals surface area (Å²) >= 11 is 0. The summed E-state index contributed by atoms with van der Waals surface area (Å²) in [4.78, 5) is 50.0. The zero-order valence-electron chi connectivity index (χ0n) is 24.5. The Hall–Kier alpha value is -2.58. The highest BCUT2D eigenvalue weighted by molar-refractivity contribution is 6.01. The lowest BCUT2D eigenvalue weighted by Crippen LogP contribution is -2.61. The number of Topliss-reactive ketones (excluding diaryl/α,β-unsaturated/α-hetero) is 1. The van der Waals surface area contributed by atoms with Crippen molar-refractivity contribution in [1.29, 1.82) is 0 Å². The summed E-state index contributed by atoms with van der Waals surface area (Å²) in [5.74, 6) is -1.40. The molecule has 0 heterocycles. The first kappa shape index (κ1) is 29.9. The van der Waals surface area contributed by atoms with Crippen LogP contribution in [0.15, 0.2) is 35.5 Å². The molecule has 5 rings (SSSR count). The van der Waals surface area contributed by atoms with Gasteiger partial charge in [-0.15, -0.1) is 0 Å². The lowest BCUT2D eigenvalue weighted by molar-refractivity contribution is -0.181. The second kappa shape index (κ2) is 11.6. The Kier molecular flexibility index (Phi) is 8.46. The highest BCUT2D eigenvalue weighted by atomic mass is 16.5. The van der Waals surface area contributed by atoms with E-state index < -0.39 is 40.9 Å². The van der Waals surface area contributed by atoms with Crippen molar-refractivity contribution >= 4 is 23.4 Å². The van der Waals surface area contributed by atoms with E-state index >= 15 is 0 Å². The van der Waals surface area contributed by atoms with Crippen molar-refractivity contribution in [3.63, 3.8) is 0 Å². The van der Waals surface area contributed by atoms with Crippen LogP contribution in [-0.2, 0) is 23.9 Å². The Balaban J connectivity index is 1.14. The molecule has 0 aromatic carbocycles. The predicted molar refractivity (Wildman–Crippen MR) is 152 cm³/mol. The standard InChI is InChI=1S/C33H45NO7/c1-31-15-12-23(35)18-22(31)8-9-24-25-13-16-33(40,32(25,2)19-26(36)30(24)31)27(37)20-41-29(39)11-10-28(38)34-17-14-21-6-4-3-5-7-21/h6,12,15,18,24-26,30,36,40H,3-5,7-11,13-14,16-17,19-20H2,1-2H3,(H,34,38)/t24-,25+,26-,30-,31-,32-,33-/m0/s1. The fraction of sp³-hybridized carbons (Fsp3) is 0.697. The molecule has 0 saturated heterocycles. The smallest absolute Gasteiger partial charge is 0.306 e. The molecular weight excluding hydrogens is 522 g/mol. The number of aliphatic hydroxyl groups excluding tert-OH is 1. The average Bonchev–Trinajstić information content (AvgIpc) is 3.22. The second-order valence-electron chi connectivity index (χ2n) is 13.4. The number of amides is 1. The minimum absolute atomic E-state index is 0.0133. The Morgan fingerprint density at radius 1 is 1.12 bits per heavy atom. The molecule has 5 aliphatic rings. The Morgan fingerprint density at radius 2 is 1.93 bits per heavy atom. The van der Waals surface area contributed by atoms with Gasteiger partial charge in [-0.05, 0) is 88.2 Å². The summed E-state index contributed by atoms with van der Waals surface area (Å²) in [5.41, 5.74) is -0.545. The third-order valence-corrected chi connectivity index (χ3v) is 11.2. The van der Waals surface area contributed by atoms with Gasteiger partial charge in [0.1, 0.15) is 5.60 Å². The minimum atomic E-state index is -1.70. The molecule has 5 aliphatic carbocycles. The fourth-order valence-electron chi connectivity index (χ4n) is 8.92. The molecule has 0 aromatic rings. The summed E-state index contributed by atoms with van der Waals surface area (Å²) in [5, 5.41) is 26.1. The van der Waals surface area contributed by atoms with E-state index in [0.717, 1.165) is 37.7 Å². The van der Waals surface area contributed by atoms with Crippen LogP contribution >= 0.6 is 0 Å². The van der Waals surface area contributed by atoms with Gasteiger partial charge in [0, 0.05) is 29.7 Å². The fourth-order valence-corrected chi connectivity index (χ4v) is 8.92. The number of aliphatic hydroxyl groups is 2. The van der Waals surface area contributed by atoms with Crippen LogP contribution in [0.4, 0.5) is 0 Å². The molecule has 1 amide bonds. The molecule has 0 radical (unpaired) electrons. The van der Waals surface area contributed by atoms with E-state index in [4.69, 9.17) is 4.74 Å². The first-order valence-corrected chi connectivity index (χ1v) is 15.5. The van der Waals surface area contributed by atoms with Crippen molar-refractivity contribution in [3.05, 3.63) is 35.5 Å². The van der Waals surface area contributed by atoms with Gasteiger partial charge in [0.2, 0.25) is 11.7 Å². The number of rotatable bonds is 9. The summed E-state index contributed by atoms with van der Waals surface area (Å²) in [6.07, 6.45) is 14.7. The van der Waals surface area contributed by atoms with Crippen LogP contribution in [0.5, 0.6) is 0 Å². The molecule has 8 nitrogen and oxygen atoms in total. The van der Waals surface area contributed by atoms with E-state index in [1.807, 2.05) is 13.0 Å². The molecule has 3 saturated carbocycles. The van der Waals surface area contributed by atoms with E-state index in [9.17, 15) is 29.4 Å². The number of carbonyl (C=O) groups excluding carboxylic acids is 4. The van der Waals surface area contributed by atoms with Gasteiger partial charge >= 0.3 is 5.97 Å². The molecule has 3 fully saturated rings. The van der Waals surface area contributed by atoms with Gasteiger partial charge in [-0.3, -0.25) is 19.2 Å². The van der Waals surface area contributed by atoms with Gasteiger partial charge in [0.05, 0.1) is 12.5 Å². The number of carbonyl (C=O) groups is 4. The molecule has 8 heteroatoms. The predicted octanol–water partition coefficient (Wildman–Crippen LogP) is 3.90. The first-order valence-electron chi connectivity index (χ1n) is 15.5. The maximum Gasteiger partial charge on any atom is 0.306 e. The van der Waals surface area contributed by atoms with Crippen molar-refractivity contribution in [2.45, 2.75) is 103 Å². The molecular formula is C33H45NO7. The van der Waals surface area contributed by atoms with E-state index in [1.165, 1.54) is 18.4 Å². The van der Waals surface area contributed by atoms with Gasteiger partial charge in [-0.25, -0.2) is 0 Å². The summed E-state index contributed by atoms with van der Waals surface area (Å²) in [6, 6.07) is 0. The second-order valence-corrected chi connectivity index (χ2v) is 13.4. The number of hydrogen-bond donors (Lipinski definition) is 3. The zero-order chi connectivity index (χ0) is 29.4. The number of allylic oxidation sites excluding steroid dienone is 5. The largest absolute Gasteiger partial charge is 0.458 e. The normalized spacial score (nSPS) is 37.7. The van der Waals surface area contributed by atoms with Gasteiger partial charge < -0.3 is 20.3 Å². The van der Waals surface area contributed by atoms with Crippen molar-refractivity contribution < 1.29 is 34.1 Å². The van der Waals surface area contributed by atoms with Crippen molar-refractivity contribution in [2.24, 2.45) is 28.6 Å². The first-order chi connectivity index (χ1) is 19.5. The van der Waals surface area contributed by atoms with Gasteiger partial charge in [-0.1, -0.05) is 37.1 Å². The number of nitrogens with one attached hydrogen (secondary N) is 1. The lowest BCUT2D eigenvalue weighted by Gasteiger charge is -2.59. The van der Waals surface area contributed by atoms with Crippen molar-refractivity contribution in [3.8, 4) is 0 Å². The summed E-state index contributed by atoms with van der Waals surface area (Å²) in [6.45, 7) is 3.98. The zero-order valence-corrected chi connectivity index (χ0v) is 24.5. The van der Waals surface area contributed by atoms with Crippen molar-refractivity contribution in [2.75, 3.05) is 13.2 Å². The maximum atomic E-state index is 13.4. The van der Waals surface area contributed by atoms with Crippen molar-refractivity contribution in [1.82, 2.24) is 5.32 Å². The number of ether oxygens (including phenoxy) is 1. The van der Waals surface area contributed by atoms with E-state index in [-0.39, 0.29) is 55.1 Å². The summed E-state index contributed by atoms with van der Waals surface area (Å²) < 4.78 is 5.24. The van der Waals surface area contributed by atoms with Gasteiger partial charge in [0.25, 0.3) is 0 Å². The molecule has 0 bridgehead atoms. The van der Waals surface area contributed by atoms with Crippen LogP contribution in [0.3, 0.4) is 0 Å². The molecule has 0 aromatic heterocycles. The number of ketones is 2. The monoisotopic (exact) mass is 567 g/mol. The maximum absolute atomic E-state index is 13.4. The van der Waals surface area contributed by atoms with Crippen LogP contribution in [0, 0.1) is 28.6 Å². The Morgan fingerprint density at radius 3 is 2.68 bits per heavy atom. The quantitative estimate of drug-likeness (QED) is 0.285. The molecule has 0 spiro atoms. The van der Waals surface area contributed by atoms with Crippen LogP contribution in [0.2, 0.25) is 0 Å².